The number of aromatic nitrogens is 2. The van der Waals surface area contributed by atoms with Gasteiger partial charge in [0.05, 0.1) is 23.5 Å². The molecule has 0 aliphatic carbocycles. The highest BCUT2D eigenvalue weighted by Gasteiger charge is 2.20. The van der Waals surface area contributed by atoms with Gasteiger partial charge in [-0.15, -0.1) is 0 Å². The molecule has 4 nitrogen and oxygen atoms in total. The maximum atomic E-state index is 10.6. The summed E-state index contributed by atoms with van der Waals surface area (Å²) in [4.78, 5) is 2.04. The molecule has 0 radical (unpaired) electrons. The molecular formula is C14H16BrCl2N3O. The van der Waals surface area contributed by atoms with Crippen molar-refractivity contribution in [2.24, 2.45) is 0 Å². The van der Waals surface area contributed by atoms with Crippen LogP contribution >= 0.6 is 39.1 Å². The van der Waals surface area contributed by atoms with Crippen LogP contribution in [0.25, 0.3) is 0 Å². The van der Waals surface area contributed by atoms with Crippen molar-refractivity contribution in [3.8, 4) is 0 Å². The second kappa shape index (κ2) is 7.11. The van der Waals surface area contributed by atoms with Crippen LogP contribution in [-0.2, 0) is 6.54 Å². The van der Waals surface area contributed by atoms with E-state index in [1.807, 2.05) is 25.1 Å². The zero-order valence-electron chi connectivity index (χ0n) is 11.7. The molecule has 0 aliphatic heterocycles. The highest BCUT2D eigenvalue weighted by Crippen LogP contribution is 2.31. The third-order valence-electron chi connectivity index (χ3n) is 3.05. The maximum absolute atomic E-state index is 10.6. The summed E-state index contributed by atoms with van der Waals surface area (Å²) >= 11 is 15.6. The van der Waals surface area contributed by atoms with Gasteiger partial charge >= 0.3 is 0 Å². The van der Waals surface area contributed by atoms with Gasteiger partial charge in [-0.3, -0.25) is 4.68 Å². The number of halogens is 3. The average Bonchev–Trinajstić information content (AvgIpc) is 2.75. The zero-order valence-corrected chi connectivity index (χ0v) is 14.8. The van der Waals surface area contributed by atoms with Gasteiger partial charge in [0, 0.05) is 16.0 Å². The molecule has 2 rings (SSSR count). The molecule has 0 fully saturated rings. The van der Waals surface area contributed by atoms with Crippen molar-refractivity contribution in [1.82, 2.24) is 14.7 Å². The molecule has 1 aromatic heterocycles. The number of nitrogens with zero attached hydrogens (tertiary/aromatic N) is 3. The number of hydrogen-bond donors (Lipinski definition) is 1. The van der Waals surface area contributed by atoms with Crippen LogP contribution in [0.3, 0.4) is 0 Å². The van der Waals surface area contributed by atoms with Crippen LogP contribution in [0.4, 0.5) is 0 Å². The first kappa shape index (κ1) is 16.8. The second-order valence-corrected chi connectivity index (χ2v) is 6.77. The number of benzene rings is 1. The van der Waals surface area contributed by atoms with E-state index in [0.29, 0.717) is 27.8 Å². The molecule has 1 aromatic carbocycles. The van der Waals surface area contributed by atoms with Crippen LogP contribution in [0.5, 0.6) is 0 Å². The van der Waals surface area contributed by atoms with Crippen LogP contribution in [0, 0.1) is 0 Å². The molecule has 2 aromatic rings. The summed E-state index contributed by atoms with van der Waals surface area (Å²) in [7, 11) is 3.96. The number of rotatable bonds is 5. The number of hydrogen-bond acceptors (Lipinski definition) is 3. The first-order chi connectivity index (χ1) is 9.88. The first-order valence-corrected chi connectivity index (χ1v) is 7.93. The van der Waals surface area contributed by atoms with Crippen molar-refractivity contribution in [2.45, 2.75) is 12.6 Å². The standard InChI is InChI=1S/C14H16BrCl2N3O/c1-19(2)3-4-20-13(12(17)8-18-20)14(21)9-5-10(15)7-11(16)6-9/h5-8,14,21H,3-4H2,1-2H3. The van der Waals surface area contributed by atoms with E-state index >= 15 is 0 Å². The summed E-state index contributed by atoms with van der Waals surface area (Å²) in [5, 5.41) is 15.8. The van der Waals surface area contributed by atoms with E-state index in [4.69, 9.17) is 23.2 Å². The molecule has 1 atom stereocenters. The van der Waals surface area contributed by atoms with Crippen molar-refractivity contribution < 1.29 is 5.11 Å². The molecular weight excluding hydrogens is 377 g/mol. The summed E-state index contributed by atoms with van der Waals surface area (Å²) in [5.41, 5.74) is 1.25. The van der Waals surface area contributed by atoms with Gasteiger partial charge in [-0.2, -0.15) is 5.10 Å². The Balaban J connectivity index is 2.33. The van der Waals surface area contributed by atoms with E-state index in [9.17, 15) is 5.11 Å². The van der Waals surface area contributed by atoms with E-state index in [0.717, 1.165) is 11.0 Å². The molecule has 0 aliphatic rings. The number of aliphatic hydroxyl groups excluding tert-OH is 1. The van der Waals surface area contributed by atoms with Gasteiger partial charge in [-0.1, -0.05) is 39.1 Å². The minimum atomic E-state index is -0.878. The van der Waals surface area contributed by atoms with Crippen molar-refractivity contribution in [1.29, 1.82) is 0 Å². The summed E-state index contributed by atoms with van der Waals surface area (Å²) in [6.07, 6.45) is 0.673. The van der Waals surface area contributed by atoms with Crippen LogP contribution in [0.15, 0.2) is 28.9 Å². The number of likely N-dealkylation sites (N-methyl/N-ethyl adjacent to an activating group) is 1. The molecule has 114 valence electrons. The van der Waals surface area contributed by atoms with Crippen molar-refractivity contribution in [3.05, 3.63) is 50.2 Å². The molecule has 7 heteroatoms. The van der Waals surface area contributed by atoms with Crippen molar-refractivity contribution >= 4 is 39.1 Å². The lowest BCUT2D eigenvalue weighted by Gasteiger charge is -2.17. The van der Waals surface area contributed by atoms with Gasteiger partial charge in [-0.25, -0.2) is 0 Å². The summed E-state index contributed by atoms with van der Waals surface area (Å²) in [5.74, 6) is 0. The predicted molar refractivity (Wildman–Crippen MR) is 89.0 cm³/mol. The fourth-order valence-electron chi connectivity index (χ4n) is 2.01. The Labute approximate surface area is 142 Å². The van der Waals surface area contributed by atoms with Gasteiger partial charge in [-0.05, 0) is 37.9 Å². The Hall–Kier alpha value is -0.590. The van der Waals surface area contributed by atoms with Crippen LogP contribution < -0.4 is 0 Å². The Bertz CT molecular complexity index is 610. The Morgan fingerprint density at radius 1 is 1.33 bits per heavy atom. The third kappa shape index (κ3) is 4.20. The maximum Gasteiger partial charge on any atom is 0.122 e. The lowest BCUT2D eigenvalue weighted by atomic mass is 10.1. The molecule has 0 saturated carbocycles. The van der Waals surface area contributed by atoms with Crippen LogP contribution in [0.1, 0.15) is 17.4 Å². The summed E-state index contributed by atoms with van der Waals surface area (Å²) in [6, 6.07) is 5.30. The fourth-order valence-corrected chi connectivity index (χ4v) is 3.14. The van der Waals surface area contributed by atoms with Gasteiger partial charge in [0.15, 0.2) is 0 Å². The molecule has 0 spiro atoms. The number of aliphatic hydroxyl groups is 1. The Morgan fingerprint density at radius 3 is 2.67 bits per heavy atom. The topological polar surface area (TPSA) is 41.3 Å². The van der Waals surface area contributed by atoms with Crippen LogP contribution in [0.2, 0.25) is 10.0 Å². The van der Waals surface area contributed by atoms with E-state index in [1.165, 1.54) is 0 Å². The highest BCUT2D eigenvalue weighted by atomic mass is 79.9. The van der Waals surface area contributed by atoms with E-state index < -0.39 is 6.10 Å². The molecule has 1 heterocycles. The molecule has 1 unspecified atom stereocenters. The SMILES string of the molecule is CN(C)CCn1ncc(Cl)c1C(O)c1cc(Cl)cc(Br)c1. The second-order valence-electron chi connectivity index (χ2n) is 5.01. The smallest absolute Gasteiger partial charge is 0.122 e. The molecule has 21 heavy (non-hydrogen) atoms. The summed E-state index contributed by atoms with van der Waals surface area (Å²) < 4.78 is 2.53. The Kier molecular flexibility index (Phi) is 5.68. The monoisotopic (exact) mass is 391 g/mol. The average molecular weight is 393 g/mol. The largest absolute Gasteiger partial charge is 0.382 e. The van der Waals surface area contributed by atoms with E-state index in [2.05, 4.69) is 21.0 Å². The predicted octanol–water partition coefficient (Wildman–Crippen LogP) is 3.60. The highest BCUT2D eigenvalue weighted by molar-refractivity contribution is 9.10. The van der Waals surface area contributed by atoms with Gasteiger partial charge < -0.3 is 10.0 Å². The quantitative estimate of drug-likeness (QED) is 0.845. The van der Waals surface area contributed by atoms with E-state index in [-0.39, 0.29) is 0 Å². The van der Waals surface area contributed by atoms with Gasteiger partial charge in [0.1, 0.15) is 6.10 Å². The molecule has 1 N–H and O–H groups in total. The molecule has 0 saturated heterocycles. The van der Waals surface area contributed by atoms with Crippen LogP contribution in [-0.4, -0.2) is 40.4 Å². The summed E-state index contributed by atoms with van der Waals surface area (Å²) in [6.45, 7) is 1.45. The minimum absolute atomic E-state index is 0.442. The Morgan fingerprint density at radius 2 is 2.05 bits per heavy atom. The van der Waals surface area contributed by atoms with Gasteiger partial charge in [0.2, 0.25) is 0 Å². The lowest BCUT2D eigenvalue weighted by molar-refractivity contribution is 0.205. The minimum Gasteiger partial charge on any atom is -0.382 e. The third-order valence-corrected chi connectivity index (χ3v) is 4.02. The first-order valence-electron chi connectivity index (χ1n) is 6.38. The lowest BCUT2D eigenvalue weighted by Crippen LogP contribution is -2.21. The fraction of sp³-hybridized carbons (Fsp3) is 0.357. The van der Waals surface area contributed by atoms with Crippen molar-refractivity contribution in [3.63, 3.8) is 0 Å². The molecule has 0 bridgehead atoms. The normalized spacial score (nSPS) is 12.9. The van der Waals surface area contributed by atoms with Gasteiger partial charge in [0.25, 0.3) is 0 Å². The molecule has 0 amide bonds. The van der Waals surface area contributed by atoms with E-state index in [1.54, 1.807) is 23.0 Å². The van der Waals surface area contributed by atoms with Crippen molar-refractivity contribution in [2.75, 3.05) is 20.6 Å². The zero-order chi connectivity index (χ0) is 15.6.